The highest BCUT2D eigenvalue weighted by Crippen LogP contribution is 2.22. The van der Waals surface area contributed by atoms with Crippen molar-refractivity contribution in [3.63, 3.8) is 0 Å². The summed E-state index contributed by atoms with van der Waals surface area (Å²) in [5, 5.41) is 0. The molecule has 0 N–H and O–H groups in total. The number of benzene rings is 2. The van der Waals surface area contributed by atoms with Crippen LogP contribution in [0.5, 0.6) is 5.75 Å². The van der Waals surface area contributed by atoms with Crippen LogP contribution in [0.4, 0.5) is 0 Å². The van der Waals surface area contributed by atoms with Crippen LogP contribution in [0, 0.1) is 13.8 Å². The van der Waals surface area contributed by atoms with Crippen LogP contribution in [0.25, 0.3) is 0 Å². The van der Waals surface area contributed by atoms with Crippen molar-refractivity contribution in [2.75, 3.05) is 19.8 Å². The molecule has 6 heteroatoms. The van der Waals surface area contributed by atoms with Crippen LogP contribution in [-0.2, 0) is 9.53 Å². The Morgan fingerprint density at radius 3 is 2.33 bits per heavy atom. The van der Waals surface area contributed by atoms with Crippen LogP contribution in [0.15, 0.2) is 42.5 Å². The van der Waals surface area contributed by atoms with Crippen LogP contribution < -0.4 is 4.74 Å². The van der Waals surface area contributed by atoms with Crippen LogP contribution in [0.2, 0.25) is 0 Å². The highest BCUT2D eigenvalue weighted by atomic mass is 16.6. The van der Waals surface area contributed by atoms with E-state index in [2.05, 4.69) is 0 Å². The average molecular weight is 367 g/mol. The normalized spacial score (nSPS) is 12.9. The number of hydrogen-bond acceptors (Lipinski definition) is 5. The first-order valence-electron chi connectivity index (χ1n) is 8.78. The number of hydrogen-bond donors (Lipinski definition) is 0. The van der Waals surface area contributed by atoms with Crippen molar-refractivity contribution in [2.24, 2.45) is 0 Å². The standard InChI is InChI=1S/C21H21NO5/c1-14-8-9-15(2)18(12-14)27-13-19(23)26-11-5-10-22-20(24)16-6-3-4-7-17(16)21(22)25/h3-4,6-9,12H,5,10-11,13H2,1-2H3. The van der Waals surface area contributed by atoms with Gasteiger partial charge in [-0.05, 0) is 49.6 Å². The van der Waals surface area contributed by atoms with E-state index in [1.165, 1.54) is 4.90 Å². The summed E-state index contributed by atoms with van der Waals surface area (Å²) in [6, 6.07) is 12.5. The van der Waals surface area contributed by atoms with Gasteiger partial charge in [0.15, 0.2) is 6.61 Å². The Bertz CT molecular complexity index is 855. The molecule has 6 nitrogen and oxygen atoms in total. The van der Waals surface area contributed by atoms with E-state index in [0.717, 1.165) is 11.1 Å². The molecule has 0 saturated carbocycles. The van der Waals surface area contributed by atoms with Crippen LogP contribution >= 0.6 is 0 Å². The van der Waals surface area contributed by atoms with Crippen molar-refractivity contribution in [3.8, 4) is 5.75 Å². The quantitative estimate of drug-likeness (QED) is 0.427. The molecule has 0 radical (unpaired) electrons. The van der Waals surface area contributed by atoms with Gasteiger partial charge in [0.25, 0.3) is 11.8 Å². The fourth-order valence-electron chi connectivity index (χ4n) is 2.89. The lowest BCUT2D eigenvalue weighted by molar-refractivity contribution is -0.146. The molecule has 2 aromatic rings. The lowest BCUT2D eigenvalue weighted by Crippen LogP contribution is -2.31. The molecule has 140 valence electrons. The first-order valence-corrected chi connectivity index (χ1v) is 8.78. The second kappa shape index (κ2) is 8.03. The van der Waals surface area contributed by atoms with E-state index < -0.39 is 5.97 Å². The Morgan fingerprint density at radius 1 is 1.00 bits per heavy atom. The molecule has 0 spiro atoms. The molecule has 0 unspecified atom stereocenters. The first kappa shape index (κ1) is 18.6. The third-order valence-corrected chi connectivity index (χ3v) is 4.36. The monoisotopic (exact) mass is 367 g/mol. The smallest absolute Gasteiger partial charge is 0.344 e. The highest BCUT2D eigenvalue weighted by molar-refractivity contribution is 6.21. The maximum Gasteiger partial charge on any atom is 0.344 e. The SMILES string of the molecule is Cc1ccc(C)c(OCC(=O)OCCCN2C(=O)c3ccccc3C2=O)c1. The van der Waals surface area contributed by atoms with Gasteiger partial charge in [-0.15, -0.1) is 0 Å². The molecule has 27 heavy (non-hydrogen) atoms. The molecule has 0 aromatic heterocycles. The van der Waals surface area contributed by atoms with E-state index >= 15 is 0 Å². The fraction of sp³-hybridized carbons (Fsp3) is 0.286. The Kier molecular flexibility index (Phi) is 5.54. The van der Waals surface area contributed by atoms with Gasteiger partial charge in [0.05, 0.1) is 17.7 Å². The predicted molar refractivity (Wildman–Crippen MR) is 98.8 cm³/mol. The maximum absolute atomic E-state index is 12.2. The molecule has 0 fully saturated rings. The topological polar surface area (TPSA) is 72.9 Å². The van der Waals surface area contributed by atoms with Crippen LogP contribution in [0.1, 0.15) is 38.3 Å². The van der Waals surface area contributed by atoms with Gasteiger partial charge in [0.1, 0.15) is 5.75 Å². The number of amides is 2. The van der Waals surface area contributed by atoms with E-state index in [9.17, 15) is 14.4 Å². The van der Waals surface area contributed by atoms with Crippen molar-refractivity contribution in [3.05, 3.63) is 64.7 Å². The van der Waals surface area contributed by atoms with Gasteiger partial charge in [-0.3, -0.25) is 14.5 Å². The minimum atomic E-state index is -0.488. The molecule has 1 aliphatic heterocycles. The van der Waals surface area contributed by atoms with Crippen LogP contribution in [0.3, 0.4) is 0 Å². The van der Waals surface area contributed by atoms with Crippen LogP contribution in [-0.4, -0.2) is 42.4 Å². The third kappa shape index (κ3) is 4.16. The van der Waals surface area contributed by atoms with Gasteiger partial charge >= 0.3 is 5.97 Å². The predicted octanol–water partition coefficient (Wildman–Crippen LogP) is 2.91. The zero-order chi connectivity index (χ0) is 19.4. The number of rotatable bonds is 7. The molecular weight excluding hydrogens is 346 g/mol. The molecule has 0 bridgehead atoms. The van der Waals surface area contributed by atoms with E-state index in [1.54, 1.807) is 24.3 Å². The van der Waals surface area contributed by atoms with Crippen molar-refractivity contribution in [1.29, 1.82) is 0 Å². The Labute approximate surface area is 157 Å². The molecule has 3 rings (SSSR count). The highest BCUT2D eigenvalue weighted by Gasteiger charge is 2.34. The summed E-state index contributed by atoms with van der Waals surface area (Å²) >= 11 is 0. The number of fused-ring (bicyclic) bond motifs is 1. The second-order valence-corrected chi connectivity index (χ2v) is 6.44. The largest absolute Gasteiger partial charge is 0.482 e. The minimum absolute atomic E-state index is 0.113. The van der Waals surface area contributed by atoms with E-state index in [1.807, 2.05) is 32.0 Å². The number of ether oxygens (including phenoxy) is 2. The first-order chi connectivity index (χ1) is 13.0. The van der Waals surface area contributed by atoms with Crippen molar-refractivity contribution >= 4 is 17.8 Å². The van der Waals surface area contributed by atoms with Gasteiger partial charge < -0.3 is 9.47 Å². The fourth-order valence-corrected chi connectivity index (χ4v) is 2.89. The summed E-state index contributed by atoms with van der Waals surface area (Å²) in [4.78, 5) is 37.5. The van der Waals surface area contributed by atoms with E-state index in [0.29, 0.717) is 23.3 Å². The molecule has 0 saturated heterocycles. The summed E-state index contributed by atoms with van der Waals surface area (Å²) in [5.41, 5.74) is 2.83. The number of imide groups is 1. The van der Waals surface area contributed by atoms with E-state index in [4.69, 9.17) is 9.47 Å². The summed E-state index contributed by atoms with van der Waals surface area (Å²) in [6.45, 7) is 3.99. The number of nitrogens with zero attached hydrogens (tertiary/aromatic N) is 1. The summed E-state index contributed by atoms with van der Waals surface area (Å²) < 4.78 is 10.6. The third-order valence-electron chi connectivity index (χ3n) is 4.36. The maximum atomic E-state index is 12.2. The Morgan fingerprint density at radius 2 is 1.67 bits per heavy atom. The Balaban J connectivity index is 1.42. The summed E-state index contributed by atoms with van der Waals surface area (Å²) in [5.74, 6) is -0.448. The number of carbonyl (C=O) groups excluding carboxylic acids is 3. The molecular formula is C21H21NO5. The lowest BCUT2D eigenvalue weighted by atomic mass is 10.1. The van der Waals surface area contributed by atoms with Crippen molar-refractivity contribution < 1.29 is 23.9 Å². The lowest BCUT2D eigenvalue weighted by Gasteiger charge is -2.14. The van der Waals surface area contributed by atoms with Gasteiger partial charge in [0, 0.05) is 6.54 Å². The zero-order valence-electron chi connectivity index (χ0n) is 15.4. The molecule has 1 heterocycles. The zero-order valence-corrected chi connectivity index (χ0v) is 15.4. The van der Waals surface area contributed by atoms with Gasteiger partial charge in [-0.2, -0.15) is 0 Å². The Hall–Kier alpha value is -3.15. The van der Waals surface area contributed by atoms with Gasteiger partial charge in [-0.25, -0.2) is 4.79 Å². The number of carbonyl (C=O) groups is 3. The van der Waals surface area contributed by atoms with Gasteiger partial charge in [0.2, 0.25) is 0 Å². The molecule has 1 aliphatic rings. The van der Waals surface area contributed by atoms with Crippen molar-refractivity contribution in [2.45, 2.75) is 20.3 Å². The summed E-state index contributed by atoms with van der Waals surface area (Å²) in [7, 11) is 0. The molecule has 2 aromatic carbocycles. The summed E-state index contributed by atoms with van der Waals surface area (Å²) in [6.07, 6.45) is 0.376. The number of aryl methyl sites for hydroxylation is 2. The number of esters is 1. The van der Waals surface area contributed by atoms with Crippen molar-refractivity contribution in [1.82, 2.24) is 4.90 Å². The molecule has 0 aliphatic carbocycles. The molecule has 2 amide bonds. The van der Waals surface area contributed by atoms with Gasteiger partial charge in [-0.1, -0.05) is 24.3 Å². The molecule has 0 atom stereocenters. The average Bonchev–Trinajstić information content (AvgIpc) is 2.91. The minimum Gasteiger partial charge on any atom is -0.482 e. The second-order valence-electron chi connectivity index (χ2n) is 6.44. The van der Waals surface area contributed by atoms with E-state index in [-0.39, 0.29) is 31.6 Å².